The SMILES string of the molecule is Cc1cc(N2CCN(c3ccc(-c4cccnc4)nn3)CC2)n2ncnc2n1. The van der Waals surface area contributed by atoms with Crippen LogP contribution in [0.4, 0.5) is 11.6 Å². The Bertz CT molecular complexity index is 1080. The number of fused-ring (bicyclic) bond motifs is 1. The van der Waals surface area contributed by atoms with Gasteiger partial charge in [-0.2, -0.15) is 14.6 Å². The second-order valence-electron chi connectivity index (χ2n) is 6.72. The summed E-state index contributed by atoms with van der Waals surface area (Å²) in [4.78, 5) is 17.3. The molecule has 1 aliphatic heterocycles. The zero-order valence-corrected chi connectivity index (χ0v) is 15.5. The number of rotatable bonds is 3. The molecule has 0 aliphatic carbocycles. The minimum Gasteiger partial charge on any atom is -0.353 e. The van der Waals surface area contributed by atoms with Crippen molar-refractivity contribution in [2.24, 2.45) is 0 Å². The molecule has 9 nitrogen and oxygen atoms in total. The lowest BCUT2D eigenvalue weighted by molar-refractivity contribution is 0.630. The first kappa shape index (κ1) is 16.5. The summed E-state index contributed by atoms with van der Waals surface area (Å²) < 4.78 is 1.80. The fourth-order valence-electron chi connectivity index (χ4n) is 3.46. The van der Waals surface area contributed by atoms with Crippen molar-refractivity contribution in [2.45, 2.75) is 6.92 Å². The van der Waals surface area contributed by atoms with Crippen molar-refractivity contribution in [3.05, 3.63) is 54.7 Å². The molecule has 1 aliphatic rings. The van der Waals surface area contributed by atoms with Crippen molar-refractivity contribution >= 4 is 17.4 Å². The summed E-state index contributed by atoms with van der Waals surface area (Å²) >= 11 is 0. The smallest absolute Gasteiger partial charge is 0.254 e. The fourth-order valence-corrected chi connectivity index (χ4v) is 3.46. The van der Waals surface area contributed by atoms with Gasteiger partial charge < -0.3 is 9.80 Å². The van der Waals surface area contributed by atoms with Crippen molar-refractivity contribution in [1.29, 1.82) is 0 Å². The summed E-state index contributed by atoms with van der Waals surface area (Å²) in [6.07, 6.45) is 5.09. The average Bonchev–Trinajstić information content (AvgIpc) is 3.22. The van der Waals surface area contributed by atoms with Crippen LogP contribution < -0.4 is 9.80 Å². The Kier molecular flexibility index (Phi) is 4.04. The van der Waals surface area contributed by atoms with Crippen molar-refractivity contribution < 1.29 is 0 Å². The van der Waals surface area contributed by atoms with Gasteiger partial charge in [0.05, 0.1) is 5.69 Å². The van der Waals surface area contributed by atoms with Crippen LogP contribution in [0.1, 0.15) is 5.69 Å². The number of aromatic nitrogens is 7. The lowest BCUT2D eigenvalue weighted by Crippen LogP contribution is -2.47. The van der Waals surface area contributed by atoms with Crippen molar-refractivity contribution in [3.63, 3.8) is 0 Å². The van der Waals surface area contributed by atoms with Crippen LogP contribution in [0, 0.1) is 6.92 Å². The van der Waals surface area contributed by atoms with Crippen molar-refractivity contribution in [1.82, 2.24) is 34.8 Å². The first-order valence-electron chi connectivity index (χ1n) is 9.19. The number of piperazine rings is 1. The van der Waals surface area contributed by atoms with Gasteiger partial charge in [-0.05, 0) is 31.2 Å². The highest BCUT2D eigenvalue weighted by Crippen LogP contribution is 2.21. The molecular formula is C19H19N9. The highest BCUT2D eigenvalue weighted by Gasteiger charge is 2.21. The summed E-state index contributed by atoms with van der Waals surface area (Å²) in [5.74, 6) is 2.55. The minimum atomic E-state index is 0.634. The summed E-state index contributed by atoms with van der Waals surface area (Å²) in [6, 6.07) is 9.96. The topological polar surface area (TPSA) is 88.2 Å². The van der Waals surface area contributed by atoms with Gasteiger partial charge in [0.25, 0.3) is 5.78 Å². The summed E-state index contributed by atoms with van der Waals surface area (Å²) in [5, 5.41) is 13.1. The molecule has 0 saturated carbocycles. The molecule has 0 atom stereocenters. The monoisotopic (exact) mass is 373 g/mol. The fraction of sp³-hybridized carbons (Fsp3) is 0.263. The summed E-state index contributed by atoms with van der Waals surface area (Å²) in [7, 11) is 0. The molecule has 0 N–H and O–H groups in total. The van der Waals surface area contributed by atoms with E-state index in [0.717, 1.165) is 54.8 Å². The average molecular weight is 373 g/mol. The van der Waals surface area contributed by atoms with Crippen LogP contribution in [0.2, 0.25) is 0 Å². The molecule has 5 rings (SSSR count). The van der Waals surface area contributed by atoms with Crippen LogP contribution in [0.25, 0.3) is 17.0 Å². The van der Waals surface area contributed by atoms with E-state index in [9.17, 15) is 0 Å². The lowest BCUT2D eigenvalue weighted by atomic mass is 10.2. The predicted octanol–water partition coefficient (Wildman–Crippen LogP) is 1.61. The Morgan fingerprint density at radius 1 is 0.964 bits per heavy atom. The zero-order valence-electron chi connectivity index (χ0n) is 15.5. The first-order valence-corrected chi connectivity index (χ1v) is 9.19. The predicted molar refractivity (Wildman–Crippen MR) is 105 cm³/mol. The van der Waals surface area contributed by atoms with E-state index in [1.807, 2.05) is 31.2 Å². The van der Waals surface area contributed by atoms with Gasteiger partial charge in [-0.3, -0.25) is 4.98 Å². The van der Waals surface area contributed by atoms with Crippen LogP contribution in [0.5, 0.6) is 0 Å². The third kappa shape index (κ3) is 3.00. The summed E-state index contributed by atoms with van der Waals surface area (Å²) in [5.41, 5.74) is 2.74. The molecule has 140 valence electrons. The minimum absolute atomic E-state index is 0.634. The van der Waals surface area contributed by atoms with Gasteiger partial charge in [0, 0.05) is 55.9 Å². The molecule has 9 heteroatoms. The van der Waals surface area contributed by atoms with E-state index in [1.54, 1.807) is 23.2 Å². The molecule has 1 fully saturated rings. The maximum Gasteiger partial charge on any atom is 0.254 e. The molecule has 4 aromatic rings. The highest BCUT2D eigenvalue weighted by molar-refractivity contribution is 5.58. The van der Waals surface area contributed by atoms with E-state index < -0.39 is 0 Å². The van der Waals surface area contributed by atoms with Crippen LogP contribution in [-0.2, 0) is 0 Å². The third-order valence-corrected chi connectivity index (χ3v) is 4.90. The maximum atomic E-state index is 4.42. The van der Waals surface area contributed by atoms with Crippen LogP contribution in [-0.4, -0.2) is 60.9 Å². The molecular weight excluding hydrogens is 354 g/mol. The van der Waals surface area contributed by atoms with Gasteiger partial charge in [-0.25, -0.2) is 4.98 Å². The summed E-state index contributed by atoms with van der Waals surface area (Å²) in [6.45, 7) is 5.43. The maximum absolute atomic E-state index is 4.42. The van der Waals surface area contributed by atoms with Gasteiger partial charge >= 0.3 is 0 Å². The number of nitrogens with zero attached hydrogens (tertiary/aromatic N) is 9. The number of anilines is 2. The Labute approximate surface area is 161 Å². The van der Waals surface area contributed by atoms with Crippen molar-refractivity contribution in [3.8, 4) is 11.3 Å². The van der Waals surface area contributed by atoms with Gasteiger partial charge in [-0.15, -0.1) is 10.2 Å². The zero-order chi connectivity index (χ0) is 18.9. The quantitative estimate of drug-likeness (QED) is 0.535. The molecule has 0 bridgehead atoms. The molecule has 0 spiro atoms. The van der Waals surface area contributed by atoms with Crippen molar-refractivity contribution in [2.75, 3.05) is 36.0 Å². The largest absolute Gasteiger partial charge is 0.353 e. The molecule has 0 amide bonds. The number of aryl methyl sites for hydroxylation is 1. The highest BCUT2D eigenvalue weighted by atomic mass is 15.4. The van der Waals surface area contributed by atoms with Gasteiger partial charge in [0.1, 0.15) is 12.1 Å². The van der Waals surface area contributed by atoms with Gasteiger partial charge in [0.2, 0.25) is 0 Å². The molecule has 0 aromatic carbocycles. The van der Waals surface area contributed by atoms with E-state index in [-0.39, 0.29) is 0 Å². The number of hydrogen-bond donors (Lipinski definition) is 0. The molecule has 0 unspecified atom stereocenters. The van der Waals surface area contributed by atoms with E-state index in [1.165, 1.54) is 0 Å². The van der Waals surface area contributed by atoms with Crippen LogP contribution >= 0.6 is 0 Å². The van der Waals surface area contributed by atoms with Gasteiger partial charge in [0.15, 0.2) is 5.82 Å². The normalized spacial score (nSPS) is 14.6. The standard InChI is InChI=1S/C19H19N9/c1-14-11-18(28-19(23-14)21-13-22-28)27-9-7-26(8-10-27)17-5-4-16(24-25-17)15-3-2-6-20-12-15/h2-6,11-13H,7-10H2,1H3. The Balaban J connectivity index is 1.31. The lowest BCUT2D eigenvalue weighted by Gasteiger charge is -2.36. The first-order chi connectivity index (χ1) is 13.8. The molecule has 28 heavy (non-hydrogen) atoms. The third-order valence-electron chi connectivity index (χ3n) is 4.90. The molecule has 0 radical (unpaired) electrons. The molecule has 4 aromatic heterocycles. The Hall–Kier alpha value is -3.62. The number of hydrogen-bond acceptors (Lipinski definition) is 8. The van der Waals surface area contributed by atoms with E-state index in [4.69, 9.17) is 0 Å². The second-order valence-corrected chi connectivity index (χ2v) is 6.72. The van der Waals surface area contributed by atoms with E-state index in [2.05, 4.69) is 46.1 Å². The Morgan fingerprint density at radius 3 is 2.57 bits per heavy atom. The molecule has 5 heterocycles. The number of pyridine rings is 1. The van der Waals surface area contributed by atoms with Crippen LogP contribution in [0.15, 0.2) is 49.1 Å². The van der Waals surface area contributed by atoms with E-state index in [0.29, 0.717) is 5.78 Å². The molecule has 1 saturated heterocycles. The van der Waals surface area contributed by atoms with Crippen LogP contribution in [0.3, 0.4) is 0 Å². The van der Waals surface area contributed by atoms with E-state index >= 15 is 0 Å². The second kappa shape index (κ2) is 6.84. The Morgan fingerprint density at radius 2 is 1.82 bits per heavy atom. The van der Waals surface area contributed by atoms with Gasteiger partial charge in [-0.1, -0.05) is 0 Å².